The third kappa shape index (κ3) is 5.29. The molecule has 0 saturated carbocycles. The number of hydrogen-bond donors (Lipinski definition) is 1. The van der Waals surface area contributed by atoms with Gasteiger partial charge in [-0.05, 0) is 76.4 Å². The summed E-state index contributed by atoms with van der Waals surface area (Å²) in [7, 11) is 0. The Bertz CT molecular complexity index is 1460. The average Bonchev–Trinajstić information content (AvgIpc) is 3.75. The van der Waals surface area contributed by atoms with E-state index in [2.05, 4.69) is 25.2 Å². The number of likely N-dealkylation sites (tertiary alicyclic amines) is 2. The number of aryl methyl sites for hydroxylation is 2. The minimum atomic E-state index is 0.0457. The average molecular weight is 544 g/mol. The Morgan fingerprint density at radius 1 is 1.02 bits per heavy atom. The lowest BCUT2D eigenvalue weighted by atomic mass is 10.0. The number of nitrogen functional groups attached to an aromatic ring is 1. The van der Waals surface area contributed by atoms with Crippen molar-refractivity contribution in [2.75, 3.05) is 31.9 Å². The van der Waals surface area contributed by atoms with Gasteiger partial charge in [0, 0.05) is 36.5 Å². The van der Waals surface area contributed by atoms with Crippen LogP contribution < -0.4 is 10.5 Å². The zero-order chi connectivity index (χ0) is 27.6. The van der Waals surface area contributed by atoms with Gasteiger partial charge in [-0.1, -0.05) is 22.4 Å². The van der Waals surface area contributed by atoms with Crippen molar-refractivity contribution < 1.29 is 18.6 Å². The largest absolute Gasteiger partial charge is 0.482 e. The number of pyridine rings is 1. The summed E-state index contributed by atoms with van der Waals surface area (Å²) < 4.78 is 16.4. The fourth-order valence-electron chi connectivity index (χ4n) is 5.60. The molecule has 0 radical (unpaired) electrons. The number of amides is 1. The first-order chi connectivity index (χ1) is 19.5. The number of anilines is 1. The summed E-state index contributed by atoms with van der Waals surface area (Å²) in [5, 5.41) is 7.91. The molecule has 2 aliphatic rings. The molecule has 11 heteroatoms. The molecule has 11 nitrogen and oxygen atoms in total. The van der Waals surface area contributed by atoms with Crippen molar-refractivity contribution in [2.45, 2.75) is 52.2 Å². The van der Waals surface area contributed by atoms with Crippen LogP contribution >= 0.6 is 0 Å². The normalized spacial score (nSPS) is 16.5. The van der Waals surface area contributed by atoms with Gasteiger partial charge < -0.3 is 29.3 Å². The molecule has 1 amide bonds. The second-order valence-electron chi connectivity index (χ2n) is 10.5. The van der Waals surface area contributed by atoms with Gasteiger partial charge in [-0.2, -0.15) is 4.98 Å². The summed E-state index contributed by atoms with van der Waals surface area (Å²) in [5.41, 5.74) is 9.84. The molecule has 5 heterocycles. The van der Waals surface area contributed by atoms with Gasteiger partial charge in [0.1, 0.15) is 11.3 Å². The van der Waals surface area contributed by atoms with Crippen molar-refractivity contribution in [2.24, 2.45) is 0 Å². The maximum atomic E-state index is 13.1. The van der Waals surface area contributed by atoms with Crippen LogP contribution in [0.4, 0.5) is 5.82 Å². The second kappa shape index (κ2) is 11.1. The maximum absolute atomic E-state index is 13.1. The van der Waals surface area contributed by atoms with E-state index in [1.807, 2.05) is 42.2 Å². The van der Waals surface area contributed by atoms with E-state index in [-0.39, 0.29) is 18.3 Å². The first-order valence-electron chi connectivity index (χ1n) is 13.7. The Hall–Kier alpha value is -4.25. The molecule has 40 heavy (non-hydrogen) atoms. The number of benzene rings is 1. The minimum Gasteiger partial charge on any atom is -0.482 e. The third-order valence-electron chi connectivity index (χ3n) is 7.83. The molecule has 0 spiro atoms. The van der Waals surface area contributed by atoms with Crippen LogP contribution in [0.2, 0.25) is 0 Å². The fourth-order valence-corrected chi connectivity index (χ4v) is 5.60. The number of nitrogens with zero attached hydrogens (tertiary/aromatic N) is 6. The van der Waals surface area contributed by atoms with Crippen LogP contribution in [-0.4, -0.2) is 68.2 Å². The van der Waals surface area contributed by atoms with E-state index in [1.54, 1.807) is 13.1 Å². The van der Waals surface area contributed by atoms with E-state index < -0.39 is 0 Å². The highest BCUT2D eigenvalue weighted by Crippen LogP contribution is 2.29. The summed E-state index contributed by atoms with van der Waals surface area (Å²) in [6.45, 7) is 7.67. The Morgan fingerprint density at radius 2 is 1.77 bits per heavy atom. The van der Waals surface area contributed by atoms with E-state index in [9.17, 15) is 4.79 Å². The highest BCUT2D eigenvalue weighted by molar-refractivity contribution is 5.94. The van der Waals surface area contributed by atoms with Gasteiger partial charge in [-0.3, -0.25) is 4.79 Å². The van der Waals surface area contributed by atoms with Crippen LogP contribution in [0.3, 0.4) is 0 Å². The SMILES string of the molecule is Cc1noc(C)c1-c1nc(COc2cc(-c3ccc(C(=O)N4CCC(N5CCCC5)CC4)cc3)cnc2N)no1. The lowest BCUT2D eigenvalue weighted by molar-refractivity contribution is 0.0644. The molecule has 208 valence electrons. The molecular formula is C29H33N7O4. The minimum absolute atomic E-state index is 0.0457. The molecule has 2 N–H and O–H groups in total. The van der Waals surface area contributed by atoms with Gasteiger partial charge in [0.2, 0.25) is 5.82 Å². The van der Waals surface area contributed by atoms with Crippen LogP contribution in [0, 0.1) is 13.8 Å². The first-order valence-corrected chi connectivity index (χ1v) is 13.7. The van der Waals surface area contributed by atoms with Gasteiger partial charge in [0.25, 0.3) is 11.8 Å². The summed E-state index contributed by atoms with van der Waals surface area (Å²) in [6.07, 6.45) is 6.38. The molecule has 2 saturated heterocycles. The lowest BCUT2D eigenvalue weighted by Crippen LogP contribution is -2.45. The molecule has 4 aromatic rings. The number of piperidine rings is 1. The third-order valence-corrected chi connectivity index (χ3v) is 7.83. The molecule has 0 aliphatic carbocycles. The first kappa shape index (κ1) is 26.0. The predicted octanol–water partition coefficient (Wildman–Crippen LogP) is 4.27. The monoisotopic (exact) mass is 543 g/mol. The van der Waals surface area contributed by atoms with Gasteiger partial charge in [0.05, 0.1) is 5.69 Å². The van der Waals surface area contributed by atoms with Crippen molar-refractivity contribution in [1.82, 2.24) is 30.1 Å². The van der Waals surface area contributed by atoms with Crippen molar-refractivity contribution in [3.63, 3.8) is 0 Å². The molecule has 3 aromatic heterocycles. The number of rotatable bonds is 7. The van der Waals surface area contributed by atoms with E-state index in [4.69, 9.17) is 19.5 Å². The molecule has 0 bridgehead atoms. The Labute approximate surface area is 232 Å². The van der Waals surface area contributed by atoms with Gasteiger partial charge >= 0.3 is 0 Å². The maximum Gasteiger partial charge on any atom is 0.263 e. The molecule has 0 atom stereocenters. The van der Waals surface area contributed by atoms with E-state index in [1.165, 1.54) is 25.9 Å². The lowest BCUT2D eigenvalue weighted by Gasteiger charge is -2.36. The van der Waals surface area contributed by atoms with Crippen LogP contribution in [0.15, 0.2) is 45.6 Å². The molecule has 2 fully saturated rings. The number of aromatic nitrogens is 4. The van der Waals surface area contributed by atoms with Crippen LogP contribution in [0.25, 0.3) is 22.6 Å². The number of nitrogens with two attached hydrogens (primary N) is 1. The van der Waals surface area contributed by atoms with Crippen molar-refractivity contribution in [3.05, 3.63) is 59.4 Å². The number of carbonyl (C=O) groups excluding carboxylic acids is 1. The molecule has 1 aromatic carbocycles. The Balaban J connectivity index is 1.09. The zero-order valence-corrected chi connectivity index (χ0v) is 22.8. The number of hydrogen-bond acceptors (Lipinski definition) is 10. The number of ether oxygens (including phenoxy) is 1. The predicted molar refractivity (Wildman–Crippen MR) is 147 cm³/mol. The van der Waals surface area contributed by atoms with Gasteiger partial charge in [-0.25, -0.2) is 4.98 Å². The smallest absolute Gasteiger partial charge is 0.263 e. The zero-order valence-electron chi connectivity index (χ0n) is 22.8. The van der Waals surface area contributed by atoms with Crippen molar-refractivity contribution in [1.29, 1.82) is 0 Å². The van der Waals surface area contributed by atoms with Gasteiger partial charge in [0.15, 0.2) is 18.2 Å². The topological polar surface area (TPSA) is 137 Å². The summed E-state index contributed by atoms with van der Waals surface area (Å²) in [6, 6.07) is 10.0. The van der Waals surface area contributed by atoms with Gasteiger partial charge in [-0.15, -0.1) is 0 Å². The van der Waals surface area contributed by atoms with E-state index in [0.717, 1.165) is 37.1 Å². The molecular weight excluding hydrogens is 510 g/mol. The standard InChI is InChI=1S/C29H33N7O4/c1-18-26(19(2)39-33-18)28-32-25(34-40-28)17-38-24-15-22(16-31-27(24)30)20-5-7-21(8-6-20)29(37)36-13-9-23(10-14-36)35-11-3-4-12-35/h5-8,15-16,23H,3-4,9-14,17H2,1-2H3,(H2,30,31). The van der Waals surface area contributed by atoms with E-state index >= 15 is 0 Å². The highest BCUT2D eigenvalue weighted by Gasteiger charge is 2.28. The van der Waals surface area contributed by atoms with Crippen molar-refractivity contribution >= 4 is 11.7 Å². The summed E-state index contributed by atoms with van der Waals surface area (Å²) >= 11 is 0. The quantitative estimate of drug-likeness (QED) is 0.360. The number of carbonyl (C=O) groups is 1. The Morgan fingerprint density at radius 3 is 2.48 bits per heavy atom. The highest BCUT2D eigenvalue weighted by atomic mass is 16.5. The molecule has 2 aliphatic heterocycles. The molecule has 0 unspecified atom stereocenters. The fraction of sp³-hybridized carbons (Fsp3) is 0.414. The van der Waals surface area contributed by atoms with Crippen LogP contribution in [-0.2, 0) is 6.61 Å². The van der Waals surface area contributed by atoms with Crippen LogP contribution in [0.1, 0.15) is 53.3 Å². The van der Waals surface area contributed by atoms with E-state index in [0.29, 0.717) is 46.1 Å². The van der Waals surface area contributed by atoms with Crippen LogP contribution in [0.5, 0.6) is 5.75 Å². The second-order valence-corrected chi connectivity index (χ2v) is 10.5. The Kier molecular flexibility index (Phi) is 7.21. The molecule has 6 rings (SSSR count). The summed E-state index contributed by atoms with van der Waals surface area (Å²) in [4.78, 5) is 26.4. The van der Waals surface area contributed by atoms with Crippen molar-refractivity contribution in [3.8, 4) is 28.3 Å². The summed E-state index contributed by atoms with van der Waals surface area (Å²) in [5.74, 6) is 2.02.